The molecule has 0 aromatic carbocycles. The molecule has 0 aliphatic carbocycles. The van der Waals surface area contributed by atoms with E-state index < -0.39 is 0 Å². The Balaban J connectivity index is 1.73. The standard InChI is InChI=1S/C15H19ClN4O2S2/c1-3-20(7-11-4-5-12(16)24-11)8-14(22)19-18-13(21)6-15-17-10(2)9-23-15/h4-5,9H,3,6-8H2,1-2H3,(H,18,21)(H,19,22). The maximum atomic E-state index is 12.0. The molecule has 2 rings (SSSR count). The molecule has 0 aliphatic rings. The summed E-state index contributed by atoms with van der Waals surface area (Å²) < 4.78 is 0.732. The number of nitrogens with zero attached hydrogens (tertiary/aromatic N) is 2. The quantitative estimate of drug-likeness (QED) is 0.716. The van der Waals surface area contributed by atoms with Crippen LogP contribution in [0.3, 0.4) is 0 Å². The van der Waals surface area contributed by atoms with Crippen molar-refractivity contribution in [3.05, 3.63) is 37.4 Å². The molecule has 0 atom stereocenters. The normalized spacial score (nSPS) is 10.8. The van der Waals surface area contributed by atoms with Gasteiger partial charge in [-0.1, -0.05) is 18.5 Å². The van der Waals surface area contributed by atoms with Crippen molar-refractivity contribution in [1.82, 2.24) is 20.7 Å². The lowest BCUT2D eigenvalue weighted by Gasteiger charge is -2.19. The second kappa shape index (κ2) is 9.12. The maximum absolute atomic E-state index is 12.0. The molecule has 2 heterocycles. The fraction of sp³-hybridized carbons (Fsp3) is 0.400. The molecule has 0 bridgehead atoms. The van der Waals surface area contributed by atoms with Crippen molar-refractivity contribution < 1.29 is 9.59 Å². The van der Waals surface area contributed by atoms with Crippen molar-refractivity contribution in [3.63, 3.8) is 0 Å². The van der Waals surface area contributed by atoms with E-state index in [1.807, 2.05) is 36.3 Å². The summed E-state index contributed by atoms with van der Waals surface area (Å²) in [6.45, 7) is 5.41. The van der Waals surface area contributed by atoms with Gasteiger partial charge in [0.15, 0.2) is 0 Å². The topological polar surface area (TPSA) is 74.3 Å². The van der Waals surface area contributed by atoms with Gasteiger partial charge in [0.2, 0.25) is 5.91 Å². The van der Waals surface area contributed by atoms with Gasteiger partial charge in [-0.25, -0.2) is 4.98 Å². The third-order valence-electron chi connectivity index (χ3n) is 3.14. The van der Waals surface area contributed by atoms with Gasteiger partial charge in [-0.3, -0.25) is 25.3 Å². The number of hydrazine groups is 1. The summed E-state index contributed by atoms with van der Waals surface area (Å²) in [5.41, 5.74) is 5.75. The first-order valence-corrected chi connectivity index (χ1v) is 9.49. The number of hydrogen-bond donors (Lipinski definition) is 2. The minimum Gasteiger partial charge on any atom is -0.290 e. The van der Waals surface area contributed by atoms with E-state index in [1.54, 1.807) is 0 Å². The van der Waals surface area contributed by atoms with E-state index in [4.69, 9.17) is 11.6 Å². The van der Waals surface area contributed by atoms with Crippen LogP contribution in [0.5, 0.6) is 0 Å². The zero-order valence-electron chi connectivity index (χ0n) is 13.5. The highest BCUT2D eigenvalue weighted by Crippen LogP contribution is 2.22. The second-order valence-corrected chi connectivity index (χ2v) is 7.91. The minimum atomic E-state index is -0.286. The molecule has 2 aromatic heterocycles. The van der Waals surface area contributed by atoms with Crippen molar-refractivity contribution in [1.29, 1.82) is 0 Å². The molecule has 24 heavy (non-hydrogen) atoms. The number of thiophene rings is 1. The van der Waals surface area contributed by atoms with Crippen LogP contribution in [0.2, 0.25) is 4.34 Å². The fourth-order valence-corrected chi connectivity index (χ4v) is 3.88. The van der Waals surface area contributed by atoms with E-state index in [0.29, 0.717) is 6.54 Å². The SMILES string of the molecule is CCN(CC(=O)NNC(=O)Cc1nc(C)cs1)Cc1ccc(Cl)s1. The highest BCUT2D eigenvalue weighted by molar-refractivity contribution is 7.16. The molecule has 0 fully saturated rings. The van der Waals surface area contributed by atoms with Crippen LogP contribution >= 0.6 is 34.3 Å². The number of aromatic nitrogens is 1. The van der Waals surface area contributed by atoms with Crippen LogP contribution in [0.4, 0.5) is 0 Å². The Morgan fingerprint density at radius 1 is 1.29 bits per heavy atom. The Bertz CT molecular complexity index is 701. The minimum absolute atomic E-state index is 0.157. The number of halogens is 1. The van der Waals surface area contributed by atoms with Crippen LogP contribution in [-0.2, 0) is 22.6 Å². The number of likely N-dealkylation sites (N-methyl/N-ethyl adjacent to an activating group) is 1. The van der Waals surface area contributed by atoms with E-state index in [9.17, 15) is 9.59 Å². The summed E-state index contributed by atoms with van der Waals surface area (Å²) in [4.78, 5) is 31.0. The van der Waals surface area contributed by atoms with Crippen LogP contribution in [0, 0.1) is 6.92 Å². The van der Waals surface area contributed by atoms with E-state index in [1.165, 1.54) is 22.7 Å². The second-order valence-electron chi connectivity index (χ2n) is 5.16. The molecule has 2 aromatic rings. The molecule has 2 amide bonds. The fourth-order valence-electron chi connectivity index (χ4n) is 1.98. The number of carbonyl (C=O) groups is 2. The molecule has 0 saturated carbocycles. The summed E-state index contributed by atoms with van der Waals surface area (Å²) >= 11 is 8.84. The largest absolute Gasteiger partial charge is 0.290 e. The zero-order valence-corrected chi connectivity index (χ0v) is 15.9. The van der Waals surface area contributed by atoms with Crippen LogP contribution in [0.1, 0.15) is 22.5 Å². The monoisotopic (exact) mass is 386 g/mol. The molecule has 9 heteroatoms. The number of carbonyl (C=O) groups excluding carboxylic acids is 2. The number of amides is 2. The lowest BCUT2D eigenvalue weighted by molar-refractivity contribution is -0.129. The van der Waals surface area contributed by atoms with Gasteiger partial charge in [0.05, 0.1) is 17.3 Å². The summed E-state index contributed by atoms with van der Waals surface area (Å²) in [6, 6.07) is 3.79. The molecule has 2 N–H and O–H groups in total. The average molecular weight is 387 g/mol. The molecule has 0 spiro atoms. The predicted octanol–water partition coefficient (Wildman–Crippen LogP) is 2.38. The van der Waals surface area contributed by atoms with Gasteiger partial charge in [0.25, 0.3) is 5.91 Å². The highest BCUT2D eigenvalue weighted by atomic mass is 35.5. The number of nitrogens with one attached hydrogen (secondary N) is 2. The molecule has 6 nitrogen and oxygen atoms in total. The molecule has 0 saturated heterocycles. The molecule has 0 unspecified atom stereocenters. The first-order valence-electron chi connectivity index (χ1n) is 7.41. The van der Waals surface area contributed by atoms with Crippen LogP contribution in [-0.4, -0.2) is 34.8 Å². The molecule has 130 valence electrons. The first kappa shape index (κ1) is 18.9. The van der Waals surface area contributed by atoms with E-state index in [2.05, 4.69) is 15.8 Å². The Morgan fingerprint density at radius 3 is 2.62 bits per heavy atom. The van der Waals surface area contributed by atoms with Crippen LogP contribution < -0.4 is 10.9 Å². The van der Waals surface area contributed by atoms with Gasteiger partial charge in [-0.15, -0.1) is 22.7 Å². The Hall–Kier alpha value is -1.48. The van der Waals surface area contributed by atoms with Crippen LogP contribution in [0.15, 0.2) is 17.5 Å². The first-order chi connectivity index (χ1) is 11.5. The predicted molar refractivity (Wildman–Crippen MR) is 97.1 cm³/mol. The molecular weight excluding hydrogens is 368 g/mol. The van der Waals surface area contributed by atoms with Gasteiger partial charge in [0.1, 0.15) is 5.01 Å². The maximum Gasteiger partial charge on any atom is 0.252 e. The van der Waals surface area contributed by atoms with Gasteiger partial charge in [-0.05, 0) is 25.6 Å². The van der Waals surface area contributed by atoms with Crippen molar-refractivity contribution in [3.8, 4) is 0 Å². The van der Waals surface area contributed by atoms with Gasteiger partial charge >= 0.3 is 0 Å². The third-order valence-corrected chi connectivity index (χ3v) is 5.32. The number of thiazole rings is 1. The Labute approximate surface area is 153 Å². The number of hydrogen-bond acceptors (Lipinski definition) is 6. The van der Waals surface area contributed by atoms with E-state index in [0.717, 1.165) is 26.5 Å². The average Bonchev–Trinajstić information content (AvgIpc) is 3.13. The van der Waals surface area contributed by atoms with E-state index >= 15 is 0 Å². The third kappa shape index (κ3) is 6.20. The summed E-state index contributed by atoms with van der Waals surface area (Å²) in [5.74, 6) is -0.547. The summed E-state index contributed by atoms with van der Waals surface area (Å²) in [7, 11) is 0. The van der Waals surface area contributed by atoms with E-state index in [-0.39, 0.29) is 24.8 Å². The smallest absolute Gasteiger partial charge is 0.252 e. The van der Waals surface area contributed by atoms with Gasteiger partial charge in [-0.2, -0.15) is 0 Å². The lowest BCUT2D eigenvalue weighted by Crippen LogP contribution is -2.46. The highest BCUT2D eigenvalue weighted by Gasteiger charge is 2.12. The van der Waals surface area contributed by atoms with Gasteiger partial charge < -0.3 is 0 Å². The number of aryl methyl sites for hydroxylation is 1. The Kier molecular flexibility index (Phi) is 7.16. The Morgan fingerprint density at radius 2 is 2.04 bits per heavy atom. The van der Waals surface area contributed by atoms with Crippen molar-refractivity contribution >= 4 is 46.1 Å². The zero-order chi connectivity index (χ0) is 17.5. The molecule has 0 aliphatic heterocycles. The summed E-state index contributed by atoms with van der Waals surface area (Å²) in [6.07, 6.45) is 0.157. The van der Waals surface area contributed by atoms with Crippen molar-refractivity contribution in [2.45, 2.75) is 26.8 Å². The van der Waals surface area contributed by atoms with Gasteiger partial charge in [0, 0.05) is 22.5 Å². The molecular formula is C15H19ClN4O2S2. The number of rotatable bonds is 7. The van der Waals surface area contributed by atoms with Crippen molar-refractivity contribution in [2.24, 2.45) is 0 Å². The lowest BCUT2D eigenvalue weighted by atomic mass is 10.4. The molecule has 0 radical (unpaired) electrons. The van der Waals surface area contributed by atoms with Crippen LogP contribution in [0.25, 0.3) is 0 Å². The summed E-state index contributed by atoms with van der Waals surface area (Å²) in [5, 5.41) is 2.61. The van der Waals surface area contributed by atoms with Crippen molar-refractivity contribution in [2.75, 3.05) is 13.1 Å².